The molecule has 0 unspecified atom stereocenters. The highest BCUT2D eigenvalue weighted by Gasteiger charge is 2.17. The minimum atomic E-state index is -0.641. The normalized spacial score (nSPS) is 11.2. The Morgan fingerprint density at radius 3 is 2.76 bits per heavy atom. The molecule has 0 saturated heterocycles. The zero-order valence-electron chi connectivity index (χ0n) is 10.9. The number of oxime groups is 1. The van der Waals surface area contributed by atoms with E-state index in [-0.39, 0.29) is 23.0 Å². The Bertz CT molecular complexity index is 699. The van der Waals surface area contributed by atoms with Crippen LogP contribution in [0.15, 0.2) is 35.7 Å². The third kappa shape index (κ3) is 3.21. The van der Waals surface area contributed by atoms with E-state index in [0.29, 0.717) is 5.75 Å². The Labute approximate surface area is 118 Å². The number of rotatable bonds is 4. The lowest BCUT2D eigenvalue weighted by Gasteiger charge is -2.08. The van der Waals surface area contributed by atoms with Crippen molar-refractivity contribution in [1.82, 2.24) is 9.97 Å². The van der Waals surface area contributed by atoms with Gasteiger partial charge in [0.25, 0.3) is 5.69 Å². The van der Waals surface area contributed by atoms with Crippen molar-refractivity contribution in [2.75, 3.05) is 0 Å². The van der Waals surface area contributed by atoms with Crippen molar-refractivity contribution in [3.8, 4) is 11.6 Å². The van der Waals surface area contributed by atoms with Gasteiger partial charge in [-0.25, -0.2) is 4.98 Å². The molecule has 108 valence electrons. The monoisotopic (exact) mass is 289 g/mol. The first-order chi connectivity index (χ1) is 10.0. The van der Waals surface area contributed by atoms with E-state index in [1.165, 1.54) is 6.20 Å². The summed E-state index contributed by atoms with van der Waals surface area (Å²) in [4.78, 5) is 18.0. The third-order valence-electron chi connectivity index (χ3n) is 2.53. The van der Waals surface area contributed by atoms with Gasteiger partial charge in [-0.3, -0.25) is 15.1 Å². The van der Waals surface area contributed by atoms with Gasteiger partial charge in [-0.05, 0) is 19.1 Å². The number of ether oxygens (including phenoxy) is 1. The van der Waals surface area contributed by atoms with Crippen LogP contribution in [0.2, 0.25) is 0 Å². The van der Waals surface area contributed by atoms with Crippen molar-refractivity contribution < 1.29 is 14.9 Å². The fourth-order valence-electron chi connectivity index (χ4n) is 1.49. The summed E-state index contributed by atoms with van der Waals surface area (Å²) in [5, 5.41) is 22.3. The molecule has 2 aromatic rings. The van der Waals surface area contributed by atoms with Gasteiger partial charge in [-0.15, -0.1) is 0 Å². The summed E-state index contributed by atoms with van der Waals surface area (Å²) in [6.45, 7) is 1.82. The predicted octanol–water partition coefficient (Wildman–Crippen LogP) is 1.58. The second-order valence-electron chi connectivity index (χ2n) is 4.03. The zero-order valence-corrected chi connectivity index (χ0v) is 10.9. The fraction of sp³-hybridized carbons (Fsp3) is 0.0833. The summed E-state index contributed by atoms with van der Waals surface area (Å²) in [6, 6.07) is 4.49. The molecule has 0 atom stereocenters. The lowest BCUT2D eigenvalue weighted by Crippen LogP contribution is -2.15. The number of nitrogens with zero attached hydrogens (tertiary/aromatic N) is 4. The van der Waals surface area contributed by atoms with E-state index in [1.807, 2.05) is 6.92 Å². The number of aryl methyl sites for hydroxylation is 1. The van der Waals surface area contributed by atoms with Gasteiger partial charge < -0.3 is 15.7 Å². The van der Waals surface area contributed by atoms with Crippen LogP contribution in [-0.2, 0) is 0 Å². The summed E-state index contributed by atoms with van der Waals surface area (Å²) in [5.74, 6) is -0.00299. The molecular weight excluding hydrogens is 278 g/mol. The number of aromatic nitrogens is 2. The van der Waals surface area contributed by atoms with E-state index in [4.69, 9.17) is 15.7 Å². The van der Waals surface area contributed by atoms with Crippen molar-refractivity contribution in [3.05, 3.63) is 52.0 Å². The molecule has 2 aromatic heterocycles. The van der Waals surface area contributed by atoms with Crippen LogP contribution < -0.4 is 10.5 Å². The zero-order chi connectivity index (χ0) is 15.4. The van der Waals surface area contributed by atoms with Gasteiger partial charge in [0.1, 0.15) is 11.9 Å². The van der Waals surface area contributed by atoms with E-state index in [2.05, 4.69) is 15.1 Å². The first-order valence-corrected chi connectivity index (χ1v) is 5.74. The largest absolute Gasteiger partial charge is 0.437 e. The lowest BCUT2D eigenvalue weighted by molar-refractivity contribution is -0.385. The molecule has 9 heteroatoms. The molecule has 0 aliphatic heterocycles. The maximum atomic E-state index is 10.7. The Morgan fingerprint density at radius 2 is 2.19 bits per heavy atom. The van der Waals surface area contributed by atoms with Crippen LogP contribution in [0.25, 0.3) is 0 Å². The highest BCUT2D eigenvalue weighted by molar-refractivity contribution is 5.99. The number of nitrogens with two attached hydrogens (primary N) is 1. The Morgan fingerprint density at radius 1 is 1.43 bits per heavy atom. The van der Waals surface area contributed by atoms with Crippen molar-refractivity contribution in [1.29, 1.82) is 0 Å². The summed E-state index contributed by atoms with van der Waals surface area (Å²) < 4.78 is 5.45. The van der Waals surface area contributed by atoms with Gasteiger partial charge in [0, 0.05) is 11.8 Å². The molecule has 0 amide bonds. The van der Waals surface area contributed by atoms with E-state index >= 15 is 0 Å². The third-order valence-corrected chi connectivity index (χ3v) is 2.53. The highest BCUT2D eigenvalue weighted by Crippen LogP contribution is 2.25. The van der Waals surface area contributed by atoms with Gasteiger partial charge in [0.05, 0.1) is 16.7 Å². The van der Waals surface area contributed by atoms with Crippen LogP contribution in [0.4, 0.5) is 5.69 Å². The molecule has 0 aromatic carbocycles. The van der Waals surface area contributed by atoms with E-state index in [1.54, 1.807) is 12.1 Å². The molecule has 0 fully saturated rings. The molecule has 3 N–H and O–H groups in total. The van der Waals surface area contributed by atoms with E-state index < -0.39 is 4.92 Å². The molecule has 0 bridgehead atoms. The summed E-state index contributed by atoms with van der Waals surface area (Å²) in [5.41, 5.74) is 5.99. The number of nitro groups is 1. The predicted molar refractivity (Wildman–Crippen MR) is 72.5 cm³/mol. The molecule has 0 spiro atoms. The molecule has 9 nitrogen and oxygen atoms in total. The quantitative estimate of drug-likeness (QED) is 0.286. The number of pyridine rings is 2. The average molecular weight is 289 g/mol. The Kier molecular flexibility index (Phi) is 3.93. The molecule has 2 rings (SSSR count). The Balaban J connectivity index is 2.42. The highest BCUT2D eigenvalue weighted by atomic mass is 16.6. The first kappa shape index (κ1) is 14.2. The van der Waals surface area contributed by atoms with Crippen molar-refractivity contribution in [2.24, 2.45) is 10.9 Å². The van der Waals surface area contributed by atoms with Crippen molar-refractivity contribution in [2.45, 2.75) is 6.92 Å². The van der Waals surface area contributed by atoms with Crippen LogP contribution in [-0.4, -0.2) is 25.9 Å². The summed E-state index contributed by atoms with van der Waals surface area (Å²) >= 11 is 0. The van der Waals surface area contributed by atoms with E-state index in [0.717, 1.165) is 18.0 Å². The van der Waals surface area contributed by atoms with E-state index in [9.17, 15) is 10.1 Å². The number of hydrogen-bond acceptors (Lipinski definition) is 7. The van der Waals surface area contributed by atoms with Gasteiger partial charge in [-0.1, -0.05) is 5.16 Å². The molecule has 21 heavy (non-hydrogen) atoms. The number of hydrogen-bond donors (Lipinski definition) is 2. The molecule has 2 heterocycles. The second kappa shape index (κ2) is 5.82. The van der Waals surface area contributed by atoms with Crippen LogP contribution in [0.1, 0.15) is 11.3 Å². The molecule has 0 saturated carbocycles. The van der Waals surface area contributed by atoms with Gasteiger partial charge in [0.2, 0.25) is 5.88 Å². The van der Waals surface area contributed by atoms with Crippen molar-refractivity contribution in [3.63, 3.8) is 0 Å². The van der Waals surface area contributed by atoms with Gasteiger partial charge >= 0.3 is 0 Å². The summed E-state index contributed by atoms with van der Waals surface area (Å²) in [7, 11) is 0. The van der Waals surface area contributed by atoms with Crippen LogP contribution in [0, 0.1) is 17.0 Å². The van der Waals surface area contributed by atoms with Gasteiger partial charge in [-0.2, -0.15) is 0 Å². The van der Waals surface area contributed by atoms with Crippen LogP contribution >= 0.6 is 0 Å². The summed E-state index contributed by atoms with van der Waals surface area (Å²) in [6.07, 6.45) is 2.49. The van der Waals surface area contributed by atoms with Crippen molar-refractivity contribution >= 4 is 11.5 Å². The van der Waals surface area contributed by atoms with Crippen LogP contribution in [0.5, 0.6) is 11.6 Å². The van der Waals surface area contributed by atoms with Crippen LogP contribution in [0.3, 0.4) is 0 Å². The molecule has 0 aliphatic rings. The average Bonchev–Trinajstić information content (AvgIpc) is 2.49. The first-order valence-electron chi connectivity index (χ1n) is 5.74. The fourth-order valence-corrected chi connectivity index (χ4v) is 1.49. The molecular formula is C12H11N5O4. The second-order valence-corrected chi connectivity index (χ2v) is 4.03. The SMILES string of the molecule is Cc1ccc(Oc2ncc([N+](=O)[O-])cc2C(N)=NO)cn1. The molecule has 0 aliphatic carbocycles. The maximum absolute atomic E-state index is 10.7. The lowest BCUT2D eigenvalue weighted by atomic mass is 10.2. The minimum Gasteiger partial charge on any atom is -0.437 e. The van der Waals surface area contributed by atoms with Gasteiger partial charge in [0.15, 0.2) is 5.84 Å². The number of amidine groups is 1. The standard InChI is InChI=1S/C12H11N5O4/c1-7-2-3-9(6-14-7)21-12-10(11(13)16-18)4-8(5-15-12)17(19)20/h2-6,18H,1H3,(H2,13,16). The maximum Gasteiger partial charge on any atom is 0.288 e. The topological polar surface area (TPSA) is 137 Å². The minimum absolute atomic E-state index is 0.00674. The Hall–Kier alpha value is -3.23. The smallest absolute Gasteiger partial charge is 0.288 e. The molecule has 0 radical (unpaired) electrons.